The third-order valence-electron chi connectivity index (χ3n) is 5.63. The number of methoxy groups -OCH3 is 1. The monoisotopic (exact) mass is 325 g/mol. The Morgan fingerprint density at radius 2 is 1.83 bits per heavy atom. The molecule has 0 saturated heterocycles. The number of ether oxygens (including phenoxy) is 3. The number of hydrogen-bond acceptors (Lipinski definition) is 5. The minimum Gasteiger partial charge on any atom is -0.504 e. The second kappa shape index (κ2) is 4.80. The number of rotatable bonds is 1. The van der Waals surface area contributed by atoms with Gasteiger partial charge in [0.2, 0.25) is 6.79 Å². The number of hydrogen-bond donors (Lipinski definition) is 1. The highest BCUT2D eigenvalue weighted by Gasteiger charge is 2.41. The summed E-state index contributed by atoms with van der Waals surface area (Å²) in [5.41, 5.74) is 4.78. The van der Waals surface area contributed by atoms with Gasteiger partial charge in [-0.1, -0.05) is 6.07 Å². The van der Waals surface area contributed by atoms with Gasteiger partial charge in [0.15, 0.2) is 23.0 Å². The Hall–Kier alpha value is -2.40. The van der Waals surface area contributed by atoms with Gasteiger partial charge in [-0.05, 0) is 54.8 Å². The van der Waals surface area contributed by atoms with Crippen molar-refractivity contribution in [1.82, 2.24) is 4.90 Å². The van der Waals surface area contributed by atoms with Gasteiger partial charge in [0.05, 0.1) is 7.11 Å². The minimum absolute atomic E-state index is 0.140. The molecule has 0 saturated carbocycles. The first-order chi connectivity index (χ1) is 11.7. The Balaban J connectivity index is 1.67. The standard InChI is InChI=1S/C19H19NO4/c1-20-13-5-10-3-4-15(22-2)19(21)18(10)14(20)6-11-7-16-17(8-12(11)13)24-9-23-16/h3-4,7-8,13-14,21H,5-6,9H2,1-2H3/t13-,14-/m0/s1. The van der Waals surface area contributed by atoms with Gasteiger partial charge in [-0.25, -0.2) is 0 Å². The van der Waals surface area contributed by atoms with Crippen LogP contribution in [-0.4, -0.2) is 31.0 Å². The molecule has 24 heavy (non-hydrogen) atoms. The van der Waals surface area contributed by atoms with E-state index in [0.717, 1.165) is 29.9 Å². The number of aromatic hydroxyl groups is 1. The average Bonchev–Trinajstić information content (AvgIpc) is 3.02. The van der Waals surface area contributed by atoms with Crippen molar-refractivity contribution in [2.75, 3.05) is 21.0 Å². The van der Waals surface area contributed by atoms with Crippen LogP contribution in [0.4, 0.5) is 0 Å². The molecule has 3 aliphatic rings. The summed E-state index contributed by atoms with van der Waals surface area (Å²) in [6.45, 7) is 0.292. The highest BCUT2D eigenvalue weighted by Crippen LogP contribution is 2.52. The quantitative estimate of drug-likeness (QED) is 0.873. The summed E-state index contributed by atoms with van der Waals surface area (Å²) in [6.07, 6.45) is 1.71. The number of fused-ring (bicyclic) bond motifs is 7. The molecule has 0 radical (unpaired) electrons. The van der Waals surface area contributed by atoms with E-state index >= 15 is 0 Å². The lowest BCUT2D eigenvalue weighted by Crippen LogP contribution is -2.40. The Morgan fingerprint density at radius 1 is 1.08 bits per heavy atom. The second-order valence-electron chi connectivity index (χ2n) is 6.70. The maximum absolute atomic E-state index is 10.7. The topological polar surface area (TPSA) is 51.2 Å². The first kappa shape index (κ1) is 14.0. The van der Waals surface area contributed by atoms with E-state index in [2.05, 4.69) is 30.1 Å². The van der Waals surface area contributed by atoms with Crippen LogP contribution in [0.5, 0.6) is 23.0 Å². The molecule has 2 bridgehead atoms. The van der Waals surface area contributed by atoms with Gasteiger partial charge in [-0.3, -0.25) is 4.90 Å². The Bertz CT molecular complexity index is 848. The van der Waals surface area contributed by atoms with E-state index in [-0.39, 0.29) is 17.8 Å². The van der Waals surface area contributed by atoms with E-state index in [4.69, 9.17) is 14.2 Å². The fraction of sp³-hybridized carbons (Fsp3) is 0.368. The molecular formula is C19H19NO4. The van der Waals surface area contributed by atoms with Crippen molar-refractivity contribution in [3.05, 3.63) is 46.5 Å². The highest BCUT2D eigenvalue weighted by molar-refractivity contribution is 5.57. The SMILES string of the molecule is COc1ccc2c(c1O)[C@@H]1Cc3cc4c(cc3[C@H](C2)N1C)OCO4. The van der Waals surface area contributed by atoms with Crippen molar-refractivity contribution < 1.29 is 19.3 Å². The molecule has 1 N–H and O–H groups in total. The molecule has 124 valence electrons. The lowest BCUT2D eigenvalue weighted by molar-refractivity contribution is 0.134. The number of phenols is 1. The van der Waals surface area contributed by atoms with Crippen LogP contribution in [0.25, 0.3) is 0 Å². The van der Waals surface area contributed by atoms with Crippen molar-refractivity contribution in [2.45, 2.75) is 24.9 Å². The van der Waals surface area contributed by atoms with Crippen molar-refractivity contribution in [3.63, 3.8) is 0 Å². The highest BCUT2D eigenvalue weighted by atomic mass is 16.7. The summed E-state index contributed by atoms with van der Waals surface area (Å²) in [4.78, 5) is 2.35. The fourth-order valence-corrected chi connectivity index (χ4v) is 4.39. The molecule has 2 atom stereocenters. The van der Waals surface area contributed by atoms with Gasteiger partial charge >= 0.3 is 0 Å². The minimum atomic E-state index is 0.140. The predicted octanol–water partition coefficient (Wildman–Crippen LogP) is 2.96. The molecule has 2 aromatic carbocycles. The molecule has 3 aliphatic heterocycles. The van der Waals surface area contributed by atoms with Crippen molar-refractivity contribution in [2.24, 2.45) is 0 Å². The second-order valence-corrected chi connectivity index (χ2v) is 6.70. The molecule has 0 unspecified atom stereocenters. The summed E-state index contributed by atoms with van der Waals surface area (Å²) in [5.74, 6) is 2.47. The summed E-state index contributed by atoms with van der Waals surface area (Å²) >= 11 is 0. The number of phenolic OH excluding ortho intramolecular Hbond substituents is 1. The van der Waals surface area contributed by atoms with Crippen LogP contribution >= 0.6 is 0 Å². The summed E-state index contributed by atoms with van der Waals surface area (Å²) in [7, 11) is 3.72. The number of nitrogens with zero attached hydrogens (tertiary/aromatic N) is 1. The van der Waals surface area contributed by atoms with Gasteiger partial charge in [-0.2, -0.15) is 0 Å². The maximum Gasteiger partial charge on any atom is 0.231 e. The average molecular weight is 325 g/mol. The first-order valence-corrected chi connectivity index (χ1v) is 8.20. The van der Waals surface area contributed by atoms with Crippen LogP contribution in [0.3, 0.4) is 0 Å². The van der Waals surface area contributed by atoms with Gasteiger partial charge in [0.1, 0.15) is 0 Å². The molecule has 0 aromatic heterocycles. The zero-order chi connectivity index (χ0) is 16.4. The van der Waals surface area contributed by atoms with Crippen LogP contribution in [0.2, 0.25) is 0 Å². The third-order valence-corrected chi connectivity index (χ3v) is 5.63. The molecule has 5 rings (SSSR count). The molecular weight excluding hydrogens is 306 g/mol. The Kier molecular flexibility index (Phi) is 2.80. The smallest absolute Gasteiger partial charge is 0.231 e. The van der Waals surface area contributed by atoms with Crippen LogP contribution in [0.15, 0.2) is 24.3 Å². The van der Waals surface area contributed by atoms with E-state index < -0.39 is 0 Å². The van der Waals surface area contributed by atoms with Crippen LogP contribution in [-0.2, 0) is 12.8 Å². The van der Waals surface area contributed by atoms with E-state index in [1.807, 2.05) is 6.07 Å². The summed E-state index contributed by atoms with van der Waals surface area (Å²) in [6, 6.07) is 8.60. The zero-order valence-corrected chi connectivity index (χ0v) is 13.7. The number of benzene rings is 2. The molecule has 5 nitrogen and oxygen atoms in total. The first-order valence-electron chi connectivity index (χ1n) is 8.20. The van der Waals surface area contributed by atoms with E-state index in [0.29, 0.717) is 12.5 Å². The van der Waals surface area contributed by atoms with Crippen molar-refractivity contribution in [1.29, 1.82) is 0 Å². The zero-order valence-electron chi connectivity index (χ0n) is 13.7. The van der Waals surface area contributed by atoms with Crippen LogP contribution in [0, 0.1) is 0 Å². The molecule has 0 fully saturated rings. The van der Waals surface area contributed by atoms with E-state index in [9.17, 15) is 5.11 Å². The Morgan fingerprint density at radius 3 is 2.62 bits per heavy atom. The van der Waals surface area contributed by atoms with E-state index in [1.54, 1.807) is 7.11 Å². The van der Waals surface area contributed by atoms with Crippen LogP contribution in [0.1, 0.15) is 34.3 Å². The molecule has 2 aromatic rings. The molecule has 0 spiro atoms. The lowest BCUT2D eigenvalue weighted by Gasteiger charge is -2.46. The van der Waals surface area contributed by atoms with Gasteiger partial charge < -0.3 is 19.3 Å². The molecule has 3 heterocycles. The maximum atomic E-state index is 10.7. The van der Waals surface area contributed by atoms with Gasteiger partial charge in [0.25, 0.3) is 0 Å². The van der Waals surface area contributed by atoms with Gasteiger partial charge in [0, 0.05) is 17.6 Å². The fourth-order valence-electron chi connectivity index (χ4n) is 4.39. The third kappa shape index (κ3) is 1.73. The van der Waals surface area contributed by atoms with Crippen LogP contribution < -0.4 is 14.2 Å². The number of likely N-dealkylation sites (N-methyl/N-ethyl adjacent to an activating group) is 1. The molecule has 5 heteroatoms. The van der Waals surface area contributed by atoms with Crippen molar-refractivity contribution in [3.8, 4) is 23.0 Å². The largest absolute Gasteiger partial charge is 0.504 e. The molecule has 0 aliphatic carbocycles. The van der Waals surface area contributed by atoms with Gasteiger partial charge in [-0.15, -0.1) is 0 Å². The summed E-state index contributed by atoms with van der Waals surface area (Å²) in [5, 5.41) is 10.7. The normalized spacial score (nSPS) is 23.6. The van der Waals surface area contributed by atoms with E-state index in [1.165, 1.54) is 16.7 Å². The van der Waals surface area contributed by atoms with Crippen molar-refractivity contribution >= 4 is 0 Å². The predicted molar refractivity (Wildman–Crippen MR) is 87.9 cm³/mol. The molecule has 0 amide bonds. The lowest BCUT2D eigenvalue weighted by atomic mass is 9.76. The summed E-state index contributed by atoms with van der Waals surface area (Å²) < 4.78 is 16.4. The Labute approximate surface area is 140 Å².